The standard InChI is InChI=1S/C23H17ClFN3O4/c1-11-15(23(30)31-3)8-13(10-27-11)16-9-17-18(21(29)26-2)19(32-22(17)28-20(16)24)12-4-6-14(25)7-5-12/h4-10H,1-3H3,(H,26,29). The summed E-state index contributed by atoms with van der Waals surface area (Å²) >= 11 is 6.42. The van der Waals surface area contributed by atoms with Crippen molar-refractivity contribution in [1.29, 1.82) is 0 Å². The summed E-state index contributed by atoms with van der Waals surface area (Å²) in [7, 11) is 2.78. The van der Waals surface area contributed by atoms with Gasteiger partial charge in [0.1, 0.15) is 16.7 Å². The van der Waals surface area contributed by atoms with Gasteiger partial charge in [0.2, 0.25) is 5.71 Å². The van der Waals surface area contributed by atoms with Crippen LogP contribution in [0.5, 0.6) is 0 Å². The largest absolute Gasteiger partial charge is 0.465 e. The predicted molar refractivity (Wildman–Crippen MR) is 117 cm³/mol. The Morgan fingerprint density at radius 2 is 1.88 bits per heavy atom. The van der Waals surface area contributed by atoms with Gasteiger partial charge in [0.25, 0.3) is 5.91 Å². The molecule has 4 rings (SSSR count). The van der Waals surface area contributed by atoms with Crippen LogP contribution in [0.1, 0.15) is 26.4 Å². The molecular weight excluding hydrogens is 437 g/mol. The maximum Gasteiger partial charge on any atom is 0.339 e. The number of hydrogen-bond donors (Lipinski definition) is 1. The molecule has 9 heteroatoms. The van der Waals surface area contributed by atoms with Crippen molar-refractivity contribution < 1.29 is 23.1 Å². The van der Waals surface area contributed by atoms with Crippen LogP contribution in [0.3, 0.4) is 0 Å². The van der Waals surface area contributed by atoms with Crippen molar-refractivity contribution in [3.05, 3.63) is 70.4 Å². The van der Waals surface area contributed by atoms with Gasteiger partial charge in [-0.05, 0) is 43.3 Å². The summed E-state index contributed by atoms with van der Waals surface area (Å²) in [5.41, 5.74) is 2.63. The summed E-state index contributed by atoms with van der Waals surface area (Å²) in [5, 5.41) is 3.09. The highest BCUT2D eigenvalue weighted by atomic mass is 35.5. The number of hydrogen-bond acceptors (Lipinski definition) is 6. The lowest BCUT2D eigenvalue weighted by molar-refractivity contribution is 0.0599. The number of esters is 1. The van der Waals surface area contributed by atoms with Crippen molar-refractivity contribution >= 4 is 34.6 Å². The number of fused-ring (bicyclic) bond motifs is 1. The minimum absolute atomic E-state index is 0.0989. The number of aromatic nitrogens is 2. The molecule has 0 aliphatic heterocycles. The van der Waals surface area contributed by atoms with Crippen molar-refractivity contribution in [3.8, 4) is 22.5 Å². The Hall–Kier alpha value is -3.78. The van der Waals surface area contributed by atoms with Crippen LogP contribution in [0.2, 0.25) is 5.15 Å². The van der Waals surface area contributed by atoms with E-state index in [2.05, 4.69) is 15.3 Å². The number of nitrogens with one attached hydrogen (secondary N) is 1. The van der Waals surface area contributed by atoms with E-state index < -0.39 is 17.7 Å². The average molecular weight is 454 g/mol. The van der Waals surface area contributed by atoms with Gasteiger partial charge in [-0.3, -0.25) is 9.78 Å². The number of pyridine rings is 2. The molecule has 1 N–H and O–H groups in total. The molecule has 3 heterocycles. The molecule has 0 saturated heterocycles. The van der Waals surface area contributed by atoms with E-state index in [4.69, 9.17) is 20.8 Å². The summed E-state index contributed by atoms with van der Waals surface area (Å²) in [6.45, 7) is 1.69. The van der Waals surface area contributed by atoms with E-state index in [1.807, 2.05) is 0 Å². The average Bonchev–Trinajstić information content (AvgIpc) is 3.16. The third-order valence-corrected chi connectivity index (χ3v) is 5.29. The number of methoxy groups -OCH3 is 1. The summed E-state index contributed by atoms with van der Waals surface area (Å²) in [6, 6.07) is 8.81. The summed E-state index contributed by atoms with van der Waals surface area (Å²) < 4.78 is 24.1. The minimum Gasteiger partial charge on any atom is -0.465 e. The molecular formula is C23H17ClFN3O4. The van der Waals surface area contributed by atoms with Crippen LogP contribution in [0.4, 0.5) is 4.39 Å². The normalized spacial score (nSPS) is 10.9. The Kier molecular flexibility index (Phi) is 5.63. The molecule has 162 valence electrons. The molecule has 7 nitrogen and oxygen atoms in total. The van der Waals surface area contributed by atoms with Gasteiger partial charge in [0.05, 0.1) is 29.3 Å². The van der Waals surface area contributed by atoms with Gasteiger partial charge in [-0.25, -0.2) is 14.2 Å². The summed E-state index contributed by atoms with van der Waals surface area (Å²) in [4.78, 5) is 33.4. The number of carbonyl (C=O) groups excluding carboxylic acids is 2. The number of ether oxygens (including phenoxy) is 1. The number of halogens is 2. The molecule has 0 bridgehead atoms. The van der Waals surface area contributed by atoms with Crippen LogP contribution in [-0.4, -0.2) is 36.0 Å². The molecule has 0 aliphatic carbocycles. The minimum atomic E-state index is -0.532. The van der Waals surface area contributed by atoms with E-state index in [1.165, 1.54) is 38.4 Å². The molecule has 0 fully saturated rings. The molecule has 0 saturated carbocycles. The SMILES string of the molecule is CNC(=O)c1c(-c2ccc(F)cc2)oc2nc(Cl)c(-c3cnc(C)c(C(=O)OC)c3)cc12. The van der Waals surface area contributed by atoms with Crippen LogP contribution < -0.4 is 5.32 Å². The van der Waals surface area contributed by atoms with Gasteiger partial charge in [-0.1, -0.05) is 11.6 Å². The Balaban J connectivity index is 1.96. The van der Waals surface area contributed by atoms with Gasteiger partial charge in [-0.2, -0.15) is 0 Å². The van der Waals surface area contributed by atoms with Crippen molar-refractivity contribution in [1.82, 2.24) is 15.3 Å². The second-order valence-electron chi connectivity index (χ2n) is 6.92. The molecule has 0 atom stereocenters. The first kappa shape index (κ1) is 21.5. The molecule has 0 aliphatic rings. The number of furan rings is 1. The van der Waals surface area contributed by atoms with Crippen LogP contribution >= 0.6 is 11.6 Å². The fourth-order valence-electron chi connectivity index (χ4n) is 3.36. The maximum absolute atomic E-state index is 13.4. The van der Waals surface area contributed by atoms with Gasteiger partial charge >= 0.3 is 5.97 Å². The Labute approximate surface area is 187 Å². The summed E-state index contributed by atoms with van der Waals surface area (Å²) in [6.07, 6.45) is 1.55. The summed E-state index contributed by atoms with van der Waals surface area (Å²) in [5.74, 6) is -1.12. The van der Waals surface area contributed by atoms with Crippen LogP contribution in [-0.2, 0) is 4.74 Å². The number of nitrogens with zero attached hydrogens (tertiary/aromatic N) is 2. The quantitative estimate of drug-likeness (QED) is 0.352. The third-order valence-electron chi connectivity index (χ3n) is 5.00. The molecule has 32 heavy (non-hydrogen) atoms. The number of benzene rings is 1. The number of rotatable bonds is 4. The molecule has 4 aromatic rings. The van der Waals surface area contributed by atoms with Crippen molar-refractivity contribution in [2.45, 2.75) is 6.92 Å². The fourth-order valence-corrected chi connectivity index (χ4v) is 3.60. The first-order chi connectivity index (χ1) is 15.3. The molecule has 0 unspecified atom stereocenters. The van der Waals surface area contributed by atoms with E-state index >= 15 is 0 Å². The van der Waals surface area contributed by atoms with Gasteiger partial charge < -0.3 is 14.5 Å². The Morgan fingerprint density at radius 1 is 1.16 bits per heavy atom. The molecule has 3 aromatic heterocycles. The zero-order chi connectivity index (χ0) is 23.0. The number of carbonyl (C=O) groups is 2. The first-order valence-corrected chi connectivity index (χ1v) is 9.88. The van der Waals surface area contributed by atoms with Crippen molar-refractivity contribution in [2.24, 2.45) is 0 Å². The van der Waals surface area contributed by atoms with E-state index in [1.54, 1.807) is 25.3 Å². The molecule has 1 aromatic carbocycles. The lowest BCUT2D eigenvalue weighted by atomic mass is 10.0. The van der Waals surface area contributed by atoms with E-state index in [-0.39, 0.29) is 27.8 Å². The topological polar surface area (TPSA) is 94.3 Å². The highest BCUT2D eigenvalue weighted by Gasteiger charge is 2.24. The predicted octanol–water partition coefficient (Wildman–Crippen LogP) is 4.80. The van der Waals surface area contributed by atoms with Crippen molar-refractivity contribution in [2.75, 3.05) is 14.2 Å². The first-order valence-electron chi connectivity index (χ1n) is 9.50. The Bertz CT molecular complexity index is 1370. The lowest BCUT2D eigenvalue weighted by Crippen LogP contribution is -2.18. The van der Waals surface area contributed by atoms with Gasteiger partial charge in [0, 0.05) is 29.9 Å². The van der Waals surface area contributed by atoms with E-state index in [0.717, 1.165) is 0 Å². The Morgan fingerprint density at radius 3 is 2.53 bits per heavy atom. The van der Waals surface area contributed by atoms with Crippen molar-refractivity contribution in [3.63, 3.8) is 0 Å². The van der Waals surface area contributed by atoms with E-state index in [9.17, 15) is 14.0 Å². The van der Waals surface area contributed by atoms with E-state index in [0.29, 0.717) is 27.8 Å². The zero-order valence-corrected chi connectivity index (χ0v) is 18.1. The molecule has 1 amide bonds. The second-order valence-corrected chi connectivity index (χ2v) is 7.28. The molecule has 0 radical (unpaired) electrons. The highest BCUT2D eigenvalue weighted by Crippen LogP contribution is 2.37. The van der Waals surface area contributed by atoms with Crippen LogP contribution in [0.25, 0.3) is 33.6 Å². The fraction of sp³-hybridized carbons (Fsp3) is 0.130. The third kappa shape index (κ3) is 3.69. The zero-order valence-electron chi connectivity index (χ0n) is 17.3. The second kappa shape index (κ2) is 8.39. The smallest absolute Gasteiger partial charge is 0.339 e. The number of aryl methyl sites for hydroxylation is 1. The lowest BCUT2D eigenvalue weighted by Gasteiger charge is -2.08. The molecule has 0 spiro atoms. The van der Waals surface area contributed by atoms with Crippen LogP contribution in [0, 0.1) is 12.7 Å². The number of amides is 1. The van der Waals surface area contributed by atoms with Crippen LogP contribution in [0.15, 0.2) is 47.0 Å². The maximum atomic E-state index is 13.4. The highest BCUT2D eigenvalue weighted by molar-refractivity contribution is 6.32. The van der Waals surface area contributed by atoms with Gasteiger partial charge in [0.15, 0.2) is 0 Å². The van der Waals surface area contributed by atoms with Gasteiger partial charge in [-0.15, -0.1) is 0 Å². The monoisotopic (exact) mass is 453 g/mol.